The number of ether oxygens (including phenoxy) is 1. The normalized spacial score (nSPS) is 17.7. The number of benzene rings is 1. The Morgan fingerprint density at radius 2 is 1.86 bits per heavy atom. The molecule has 120 valence electrons. The van der Waals surface area contributed by atoms with E-state index in [2.05, 4.69) is 0 Å². The minimum atomic E-state index is -1.15. The Balaban J connectivity index is 2.00. The number of hydrogen-bond donors (Lipinski definition) is 1. The van der Waals surface area contributed by atoms with E-state index in [-0.39, 0.29) is 18.4 Å². The van der Waals surface area contributed by atoms with Crippen LogP contribution in [0.25, 0.3) is 0 Å². The van der Waals surface area contributed by atoms with Crippen molar-refractivity contribution >= 4 is 11.8 Å². The molecule has 2 rings (SSSR count). The number of carbonyl (C=O) groups is 2. The van der Waals surface area contributed by atoms with Crippen LogP contribution < -0.4 is 5.73 Å². The largest absolute Gasteiger partial charge is 0.378 e. The van der Waals surface area contributed by atoms with Crippen molar-refractivity contribution in [2.24, 2.45) is 5.73 Å². The molecule has 1 saturated heterocycles. The molecular formula is C16H23N3O3. The number of amides is 2. The van der Waals surface area contributed by atoms with Gasteiger partial charge in [-0.2, -0.15) is 0 Å². The van der Waals surface area contributed by atoms with Gasteiger partial charge >= 0.3 is 0 Å². The molecule has 1 atom stereocenters. The number of nitrogens with two attached hydrogens (primary N) is 1. The number of rotatable bonds is 4. The third kappa shape index (κ3) is 3.64. The Morgan fingerprint density at radius 1 is 1.27 bits per heavy atom. The van der Waals surface area contributed by atoms with Crippen LogP contribution in [0, 0.1) is 0 Å². The highest BCUT2D eigenvalue weighted by Crippen LogP contribution is 2.19. The van der Waals surface area contributed by atoms with Gasteiger partial charge in [0.15, 0.2) is 0 Å². The molecule has 2 N–H and O–H groups in total. The van der Waals surface area contributed by atoms with Crippen molar-refractivity contribution in [2.75, 3.05) is 39.9 Å². The van der Waals surface area contributed by atoms with Crippen LogP contribution in [0.5, 0.6) is 0 Å². The first-order chi connectivity index (χ1) is 10.4. The van der Waals surface area contributed by atoms with Gasteiger partial charge in [-0.25, -0.2) is 0 Å². The molecule has 1 aliphatic rings. The fourth-order valence-corrected chi connectivity index (χ4v) is 2.49. The third-order valence-corrected chi connectivity index (χ3v) is 3.90. The van der Waals surface area contributed by atoms with Crippen molar-refractivity contribution < 1.29 is 14.3 Å². The van der Waals surface area contributed by atoms with E-state index in [9.17, 15) is 9.59 Å². The topological polar surface area (TPSA) is 75.9 Å². The minimum absolute atomic E-state index is 0.0262. The summed E-state index contributed by atoms with van der Waals surface area (Å²) < 4.78 is 5.22. The maximum Gasteiger partial charge on any atom is 0.247 e. The van der Waals surface area contributed by atoms with Gasteiger partial charge in [0.25, 0.3) is 0 Å². The molecule has 1 heterocycles. The molecule has 2 amide bonds. The SMILES string of the molecule is CN(CC(=O)N1CCOCC1)C(=O)C(C)(N)c1ccccc1. The predicted molar refractivity (Wildman–Crippen MR) is 83.0 cm³/mol. The Labute approximate surface area is 130 Å². The van der Waals surface area contributed by atoms with Gasteiger partial charge in [0.1, 0.15) is 5.54 Å². The fraction of sp³-hybridized carbons (Fsp3) is 0.500. The summed E-state index contributed by atoms with van der Waals surface area (Å²) in [5, 5.41) is 0. The van der Waals surface area contributed by atoms with E-state index in [0.29, 0.717) is 26.3 Å². The summed E-state index contributed by atoms with van der Waals surface area (Å²) in [6, 6.07) is 9.18. The fourth-order valence-electron chi connectivity index (χ4n) is 2.49. The number of carbonyl (C=O) groups excluding carboxylic acids is 2. The summed E-state index contributed by atoms with van der Waals surface area (Å²) in [5.41, 5.74) is 5.78. The van der Waals surface area contributed by atoms with E-state index in [0.717, 1.165) is 5.56 Å². The van der Waals surface area contributed by atoms with Gasteiger partial charge in [0.2, 0.25) is 11.8 Å². The highest BCUT2D eigenvalue weighted by molar-refractivity contribution is 5.90. The van der Waals surface area contributed by atoms with Gasteiger partial charge in [0.05, 0.1) is 19.8 Å². The summed E-state index contributed by atoms with van der Waals surface area (Å²) in [7, 11) is 1.61. The van der Waals surface area contributed by atoms with E-state index >= 15 is 0 Å². The van der Waals surface area contributed by atoms with E-state index in [1.165, 1.54) is 4.90 Å². The van der Waals surface area contributed by atoms with Crippen molar-refractivity contribution in [3.05, 3.63) is 35.9 Å². The second-order valence-corrected chi connectivity index (χ2v) is 5.72. The number of likely N-dealkylation sites (N-methyl/N-ethyl adjacent to an activating group) is 1. The highest BCUT2D eigenvalue weighted by Gasteiger charge is 2.34. The lowest BCUT2D eigenvalue weighted by molar-refractivity contribution is -0.144. The molecule has 0 aromatic heterocycles. The zero-order valence-corrected chi connectivity index (χ0v) is 13.1. The lowest BCUT2D eigenvalue weighted by atomic mass is 9.92. The van der Waals surface area contributed by atoms with Crippen LogP contribution >= 0.6 is 0 Å². The van der Waals surface area contributed by atoms with E-state index in [4.69, 9.17) is 10.5 Å². The molecular weight excluding hydrogens is 282 g/mol. The van der Waals surface area contributed by atoms with Crippen LogP contribution in [-0.4, -0.2) is 61.5 Å². The Morgan fingerprint density at radius 3 is 2.45 bits per heavy atom. The lowest BCUT2D eigenvalue weighted by Gasteiger charge is -2.32. The van der Waals surface area contributed by atoms with Crippen LogP contribution in [0.15, 0.2) is 30.3 Å². The third-order valence-electron chi connectivity index (χ3n) is 3.90. The van der Waals surface area contributed by atoms with Gasteiger partial charge in [-0.1, -0.05) is 30.3 Å². The zero-order valence-electron chi connectivity index (χ0n) is 13.1. The van der Waals surface area contributed by atoms with Crippen LogP contribution in [0.1, 0.15) is 12.5 Å². The Bertz CT molecular complexity index is 525. The van der Waals surface area contributed by atoms with Crippen LogP contribution in [0.4, 0.5) is 0 Å². The summed E-state index contributed by atoms with van der Waals surface area (Å²) in [5.74, 6) is -0.358. The van der Waals surface area contributed by atoms with Gasteiger partial charge < -0.3 is 20.3 Å². The molecule has 0 saturated carbocycles. The maximum atomic E-state index is 12.6. The molecule has 1 unspecified atom stereocenters. The first-order valence-electron chi connectivity index (χ1n) is 7.38. The molecule has 0 radical (unpaired) electrons. The summed E-state index contributed by atoms with van der Waals surface area (Å²) in [6.07, 6.45) is 0. The molecule has 6 heteroatoms. The van der Waals surface area contributed by atoms with E-state index < -0.39 is 5.54 Å². The standard InChI is InChI=1S/C16H23N3O3/c1-16(17,13-6-4-3-5-7-13)15(21)18(2)12-14(20)19-8-10-22-11-9-19/h3-7H,8-12,17H2,1-2H3. The quantitative estimate of drug-likeness (QED) is 0.861. The molecule has 1 aromatic carbocycles. The maximum absolute atomic E-state index is 12.6. The molecule has 1 aliphatic heterocycles. The summed E-state index contributed by atoms with van der Waals surface area (Å²) in [6.45, 7) is 3.92. The molecule has 6 nitrogen and oxygen atoms in total. The van der Waals surface area contributed by atoms with Crippen LogP contribution in [0.2, 0.25) is 0 Å². The summed E-state index contributed by atoms with van der Waals surface area (Å²) >= 11 is 0. The predicted octanol–water partition coefficient (Wildman–Crippen LogP) is 0.178. The average molecular weight is 305 g/mol. The number of nitrogens with zero attached hydrogens (tertiary/aromatic N) is 2. The highest BCUT2D eigenvalue weighted by atomic mass is 16.5. The molecule has 0 spiro atoms. The van der Waals surface area contributed by atoms with Crippen molar-refractivity contribution in [1.82, 2.24) is 9.80 Å². The second-order valence-electron chi connectivity index (χ2n) is 5.72. The Hall–Kier alpha value is -1.92. The van der Waals surface area contributed by atoms with Crippen molar-refractivity contribution in [3.8, 4) is 0 Å². The van der Waals surface area contributed by atoms with Crippen LogP contribution in [-0.2, 0) is 19.9 Å². The monoisotopic (exact) mass is 305 g/mol. The van der Waals surface area contributed by atoms with Crippen molar-refractivity contribution in [2.45, 2.75) is 12.5 Å². The Kier molecular flexibility index (Phi) is 5.15. The first-order valence-corrected chi connectivity index (χ1v) is 7.38. The van der Waals surface area contributed by atoms with Crippen molar-refractivity contribution in [3.63, 3.8) is 0 Å². The molecule has 0 aliphatic carbocycles. The number of hydrogen-bond acceptors (Lipinski definition) is 4. The molecule has 1 aromatic rings. The zero-order chi connectivity index (χ0) is 16.2. The first kappa shape index (κ1) is 16.5. The smallest absolute Gasteiger partial charge is 0.247 e. The molecule has 1 fully saturated rings. The molecule has 22 heavy (non-hydrogen) atoms. The average Bonchev–Trinajstić information content (AvgIpc) is 2.55. The number of morpholine rings is 1. The molecule has 0 bridgehead atoms. The minimum Gasteiger partial charge on any atom is -0.378 e. The lowest BCUT2D eigenvalue weighted by Crippen LogP contribution is -2.53. The van der Waals surface area contributed by atoms with E-state index in [1.807, 2.05) is 30.3 Å². The van der Waals surface area contributed by atoms with Crippen LogP contribution in [0.3, 0.4) is 0 Å². The van der Waals surface area contributed by atoms with Gasteiger partial charge in [-0.3, -0.25) is 9.59 Å². The van der Waals surface area contributed by atoms with E-state index in [1.54, 1.807) is 18.9 Å². The second kappa shape index (κ2) is 6.89. The van der Waals surface area contributed by atoms with Gasteiger partial charge in [-0.15, -0.1) is 0 Å². The summed E-state index contributed by atoms with van der Waals surface area (Å²) in [4.78, 5) is 27.9. The van der Waals surface area contributed by atoms with Gasteiger partial charge in [0, 0.05) is 20.1 Å². The van der Waals surface area contributed by atoms with Gasteiger partial charge in [-0.05, 0) is 12.5 Å². The van der Waals surface area contributed by atoms with Crippen molar-refractivity contribution in [1.29, 1.82) is 0 Å².